The van der Waals surface area contributed by atoms with Crippen molar-refractivity contribution in [3.8, 4) is 0 Å². The fourth-order valence-electron chi connectivity index (χ4n) is 1.84. The average molecular weight is 406 g/mol. The molecule has 0 spiro atoms. The van der Waals surface area contributed by atoms with Gasteiger partial charge in [0.05, 0.1) is 31.5 Å². The topological polar surface area (TPSA) is 245 Å². The number of aliphatic carboxylic acids is 3. The van der Waals surface area contributed by atoms with E-state index in [0.29, 0.717) is 0 Å². The van der Waals surface area contributed by atoms with Gasteiger partial charge < -0.3 is 42.1 Å². The zero-order chi connectivity index (χ0) is 22.0. The lowest BCUT2D eigenvalue weighted by Gasteiger charge is -2.22. The van der Waals surface area contributed by atoms with Crippen LogP contribution in [0.25, 0.3) is 0 Å². The molecule has 0 radical (unpaired) electrons. The molecule has 14 heteroatoms. The molecular formula is C14H22N4O10. The molecule has 4 atom stereocenters. The van der Waals surface area contributed by atoms with E-state index in [9.17, 15) is 33.9 Å². The van der Waals surface area contributed by atoms with Gasteiger partial charge >= 0.3 is 17.9 Å². The first kappa shape index (κ1) is 24.7. The molecule has 14 nitrogen and oxygen atoms in total. The summed E-state index contributed by atoms with van der Waals surface area (Å²) in [6, 6.07) is -4.78. The zero-order valence-corrected chi connectivity index (χ0v) is 14.7. The minimum Gasteiger partial charge on any atom is -0.481 e. The summed E-state index contributed by atoms with van der Waals surface area (Å²) in [5.74, 6) is -7.51. The van der Waals surface area contributed by atoms with E-state index in [0.717, 1.165) is 6.92 Å². The van der Waals surface area contributed by atoms with E-state index in [4.69, 9.17) is 21.1 Å². The molecule has 0 saturated heterocycles. The maximum Gasteiger partial charge on any atom is 0.326 e. The number of carboxylic acids is 3. The highest BCUT2D eigenvalue weighted by atomic mass is 16.4. The lowest BCUT2D eigenvalue weighted by Crippen LogP contribution is -2.57. The molecule has 0 rings (SSSR count). The Bertz CT molecular complexity index is 636. The van der Waals surface area contributed by atoms with E-state index in [1.807, 2.05) is 16.0 Å². The van der Waals surface area contributed by atoms with Crippen LogP contribution in [0, 0.1) is 0 Å². The molecule has 0 aliphatic rings. The number of hydrogen-bond acceptors (Lipinski definition) is 8. The third-order valence-corrected chi connectivity index (χ3v) is 3.23. The lowest BCUT2D eigenvalue weighted by molar-refractivity contribution is -0.147. The number of hydrogen-bond donors (Lipinski definition) is 8. The first-order valence-electron chi connectivity index (χ1n) is 7.82. The molecular weight excluding hydrogens is 384 g/mol. The van der Waals surface area contributed by atoms with E-state index >= 15 is 0 Å². The molecule has 0 aromatic heterocycles. The second-order valence-electron chi connectivity index (χ2n) is 5.71. The van der Waals surface area contributed by atoms with Crippen LogP contribution in [0.15, 0.2) is 0 Å². The number of carbonyl (C=O) groups is 6. The van der Waals surface area contributed by atoms with Crippen LogP contribution in [-0.2, 0) is 28.8 Å². The Kier molecular flexibility index (Phi) is 10.1. The predicted octanol–water partition coefficient (Wildman–Crippen LogP) is -4.19. The van der Waals surface area contributed by atoms with Gasteiger partial charge in [-0.2, -0.15) is 0 Å². The average Bonchev–Trinajstić information content (AvgIpc) is 2.55. The lowest BCUT2D eigenvalue weighted by atomic mass is 10.1. The number of carboxylic acid groups (broad SMARTS) is 3. The van der Waals surface area contributed by atoms with Gasteiger partial charge in [-0.1, -0.05) is 0 Å². The van der Waals surface area contributed by atoms with Crippen LogP contribution >= 0.6 is 0 Å². The molecule has 28 heavy (non-hydrogen) atoms. The van der Waals surface area contributed by atoms with Crippen molar-refractivity contribution in [2.45, 2.75) is 44.0 Å². The Balaban J connectivity index is 4.78. The Labute approximate surface area is 158 Å². The molecule has 0 aliphatic heterocycles. The highest BCUT2D eigenvalue weighted by Gasteiger charge is 2.29. The summed E-state index contributed by atoms with van der Waals surface area (Å²) in [5.41, 5.74) is 5.34. The summed E-state index contributed by atoms with van der Waals surface area (Å²) in [7, 11) is 0. The Morgan fingerprint density at radius 2 is 1.43 bits per heavy atom. The third kappa shape index (κ3) is 9.44. The van der Waals surface area contributed by atoms with Crippen molar-refractivity contribution in [2.75, 3.05) is 6.54 Å². The molecule has 158 valence electrons. The van der Waals surface area contributed by atoms with Gasteiger partial charge in [-0.3, -0.25) is 24.0 Å². The summed E-state index contributed by atoms with van der Waals surface area (Å²) in [4.78, 5) is 67.4. The summed E-state index contributed by atoms with van der Waals surface area (Å²) in [5, 5.41) is 41.5. The summed E-state index contributed by atoms with van der Waals surface area (Å²) in [6.45, 7) is 0.364. The van der Waals surface area contributed by atoms with E-state index in [-0.39, 0.29) is 0 Å². The van der Waals surface area contributed by atoms with Gasteiger partial charge in [0, 0.05) is 0 Å². The number of aliphatic hydroxyl groups excluding tert-OH is 1. The molecule has 9 N–H and O–H groups in total. The number of aliphatic hydroxyl groups is 1. The molecule has 0 saturated carbocycles. The van der Waals surface area contributed by atoms with Crippen LogP contribution in [0.2, 0.25) is 0 Å². The van der Waals surface area contributed by atoms with E-state index in [1.54, 1.807) is 0 Å². The molecule has 3 amide bonds. The van der Waals surface area contributed by atoms with Crippen molar-refractivity contribution in [1.82, 2.24) is 16.0 Å². The standard InChI is InChI=1S/C14H22N4O10/c1-5(19)11(18-12(25)6(15)2-9(21)22)13(26)16-4-8(20)17-7(14(27)28)3-10(23)24/h5-7,11,19H,2-4,15H2,1H3,(H,16,26)(H,17,20)(H,18,25)(H,21,22)(H,23,24)(H,27,28)/t5-,6+,7+,11+/m1/s1. The number of carbonyl (C=O) groups excluding carboxylic acids is 3. The highest BCUT2D eigenvalue weighted by Crippen LogP contribution is 1.97. The van der Waals surface area contributed by atoms with Gasteiger partial charge in [-0.15, -0.1) is 0 Å². The quantitative estimate of drug-likeness (QED) is 0.154. The van der Waals surface area contributed by atoms with Gasteiger partial charge in [-0.25, -0.2) is 4.79 Å². The third-order valence-electron chi connectivity index (χ3n) is 3.23. The highest BCUT2D eigenvalue weighted by molar-refractivity contribution is 5.94. The first-order chi connectivity index (χ1) is 12.8. The number of amides is 3. The second kappa shape index (κ2) is 11.5. The Hall–Kier alpha value is -3.26. The fourth-order valence-corrected chi connectivity index (χ4v) is 1.84. The molecule has 0 aromatic rings. The van der Waals surface area contributed by atoms with E-state index < -0.39 is 79.2 Å². The van der Waals surface area contributed by atoms with Gasteiger partial charge in [0.15, 0.2) is 0 Å². The van der Waals surface area contributed by atoms with Crippen LogP contribution in [0.1, 0.15) is 19.8 Å². The van der Waals surface area contributed by atoms with Crippen molar-refractivity contribution in [2.24, 2.45) is 5.73 Å². The summed E-state index contributed by atoms with van der Waals surface area (Å²) in [6.07, 6.45) is -3.05. The minimum atomic E-state index is -1.72. The van der Waals surface area contributed by atoms with Gasteiger partial charge in [0.2, 0.25) is 17.7 Å². The number of nitrogens with two attached hydrogens (primary N) is 1. The van der Waals surface area contributed by atoms with Gasteiger partial charge in [0.1, 0.15) is 12.1 Å². The van der Waals surface area contributed by atoms with Crippen molar-refractivity contribution in [3.05, 3.63) is 0 Å². The van der Waals surface area contributed by atoms with Crippen LogP contribution in [0.5, 0.6) is 0 Å². The fraction of sp³-hybridized carbons (Fsp3) is 0.571. The monoisotopic (exact) mass is 406 g/mol. The van der Waals surface area contributed by atoms with E-state index in [1.165, 1.54) is 0 Å². The smallest absolute Gasteiger partial charge is 0.326 e. The molecule has 0 aliphatic carbocycles. The van der Waals surface area contributed by atoms with Crippen LogP contribution < -0.4 is 21.7 Å². The largest absolute Gasteiger partial charge is 0.481 e. The van der Waals surface area contributed by atoms with Crippen LogP contribution in [-0.4, -0.2) is 86.8 Å². The molecule has 0 fully saturated rings. The minimum absolute atomic E-state index is 0.720. The Morgan fingerprint density at radius 3 is 1.86 bits per heavy atom. The molecule has 0 heterocycles. The van der Waals surface area contributed by atoms with Crippen molar-refractivity contribution < 1.29 is 49.2 Å². The second-order valence-corrected chi connectivity index (χ2v) is 5.71. The number of nitrogens with one attached hydrogen (secondary N) is 3. The van der Waals surface area contributed by atoms with Crippen LogP contribution in [0.4, 0.5) is 0 Å². The molecule has 0 aromatic carbocycles. The van der Waals surface area contributed by atoms with Crippen LogP contribution in [0.3, 0.4) is 0 Å². The predicted molar refractivity (Wildman–Crippen MR) is 88.7 cm³/mol. The SMILES string of the molecule is C[C@@H](O)[C@H](NC(=O)[C@@H](N)CC(=O)O)C(=O)NCC(=O)N[C@@H](CC(=O)O)C(=O)O. The van der Waals surface area contributed by atoms with Crippen molar-refractivity contribution >= 4 is 35.6 Å². The van der Waals surface area contributed by atoms with Gasteiger partial charge in [-0.05, 0) is 6.92 Å². The Morgan fingerprint density at radius 1 is 0.893 bits per heavy atom. The summed E-state index contributed by atoms with van der Waals surface area (Å²) < 4.78 is 0. The summed E-state index contributed by atoms with van der Waals surface area (Å²) >= 11 is 0. The van der Waals surface area contributed by atoms with Gasteiger partial charge in [0.25, 0.3) is 0 Å². The normalized spacial score (nSPS) is 14.7. The maximum absolute atomic E-state index is 12.0. The molecule has 0 bridgehead atoms. The van der Waals surface area contributed by atoms with Crippen molar-refractivity contribution in [3.63, 3.8) is 0 Å². The molecule has 0 unspecified atom stereocenters. The van der Waals surface area contributed by atoms with E-state index in [2.05, 4.69) is 0 Å². The first-order valence-corrected chi connectivity index (χ1v) is 7.82. The zero-order valence-electron chi connectivity index (χ0n) is 14.7. The van der Waals surface area contributed by atoms with Crippen molar-refractivity contribution in [1.29, 1.82) is 0 Å². The maximum atomic E-state index is 12.0. The number of rotatable bonds is 12.